The third kappa shape index (κ3) is 3.26. The monoisotopic (exact) mass is 332 g/mol. The van der Waals surface area contributed by atoms with E-state index in [4.69, 9.17) is 11.6 Å². The number of hydrogen-bond donors (Lipinski definition) is 1. The van der Waals surface area contributed by atoms with E-state index in [9.17, 15) is 13.2 Å². The second kappa shape index (κ2) is 6.38. The number of nitrogens with zero attached hydrogens (tertiary/aromatic N) is 1. The fraction of sp³-hybridized carbons (Fsp3) is 0.625. The van der Waals surface area contributed by atoms with Crippen LogP contribution in [0.2, 0.25) is 5.02 Å². The minimum Gasteiger partial charge on any atom is -0.314 e. The summed E-state index contributed by atoms with van der Waals surface area (Å²) in [5.41, 5.74) is 0.0365. The Kier molecular flexibility index (Phi) is 4.67. The van der Waals surface area contributed by atoms with Crippen LogP contribution in [0.5, 0.6) is 0 Å². The molecule has 3 rings (SSSR count). The van der Waals surface area contributed by atoms with E-state index in [1.807, 2.05) is 0 Å². The van der Waals surface area contributed by atoms with Crippen molar-refractivity contribution in [2.24, 2.45) is 5.92 Å². The summed E-state index contributed by atoms with van der Waals surface area (Å²) in [7, 11) is 0. The lowest BCUT2D eigenvalue weighted by atomic mass is 9.76. The quantitative estimate of drug-likeness (QED) is 0.896. The number of benzene rings is 1. The van der Waals surface area contributed by atoms with Gasteiger partial charge in [-0.1, -0.05) is 18.0 Å². The highest BCUT2D eigenvalue weighted by molar-refractivity contribution is 6.31. The van der Waals surface area contributed by atoms with Crippen LogP contribution in [0.4, 0.5) is 13.2 Å². The average Bonchev–Trinajstić information content (AvgIpc) is 2.43. The minimum atomic E-state index is -4.33. The Bertz CT molecular complexity index is 523. The van der Waals surface area contributed by atoms with Gasteiger partial charge in [0.15, 0.2) is 0 Å². The van der Waals surface area contributed by atoms with E-state index in [2.05, 4.69) is 10.2 Å². The van der Waals surface area contributed by atoms with Crippen molar-refractivity contribution in [3.8, 4) is 0 Å². The summed E-state index contributed by atoms with van der Waals surface area (Å²) in [6.45, 7) is 3.46. The third-order valence-corrected chi connectivity index (χ3v) is 5.13. The van der Waals surface area contributed by atoms with E-state index in [-0.39, 0.29) is 6.04 Å². The van der Waals surface area contributed by atoms with E-state index in [1.54, 1.807) is 0 Å². The fourth-order valence-electron chi connectivity index (χ4n) is 3.41. The summed E-state index contributed by atoms with van der Waals surface area (Å²) in [4.78, 5) is 2.29. The fourth-order valence-corrected chi connectivity index (χ4v) is 3.64. The molecule has 6 heteroatoms. The summed E-state index contributed by atoms with van der Waals surface area (Å²) < 4.78 is 39.1. The largest absolute Gasteiger partial charge is 0.416 e. The molecule has 0 bridgehead atoms. The molecule has 1 saturated heterocycles. The molecular formula is C16H20ClF3N2. The van der Waals surface area contributed by atoms with Gasteiger partial charge in [0.1, 0.15) is 0 Å². The lowest BCUT2D eigenvalue weighted by molar-refractivity contribution is -0.137. The Morgan fingerprint density at radius 2 is 1.86 bits per heavy atom. The van der Waals surface area contributed by atoms with E-state index < -0.39 is 11.7 Å². The van der Waals surface area contributed by atoms with Crippen LogP contribution >= 0.6 is 11.6 Å². The van der Waals surface area contributed by atoms with Gasteiger partial charge < -0.3 is 5.32 Å². The van der Waals surface area contributed by atoms with Gasteiger partial charge in [0.25, 0.3) is 0 Å². The summed E-state index contributed by atoms with van der Waals surface area (Å²) >= 11 is 6.28. The van der Waals surface area contributed by atoms with Gasteiger partial charge in [-0.05, 0) is 42.5 Å². The molecule has 122 valence electrons. The van der Waals surface area contributed by atoms with Crippen molar-refractivity contribution < 1.29 is 13.2 Å². The molecule has 0 spiro atoms. The minimum absolute atomic E-state index is 0.00523. The van der Waals surface area contributed by atoms with Crippen molar-refractivity contribution >= 4 is 11.6 Å². The second-order valence-corrected chi connectivity index (χ2v) is 6.56. The molecule has 1 aliphatic carbocycles. The van der Waals surface area contributed by atoms with Crippen LogP contribution in [0, 0.1) is 5.92 Å². The normalized spacial score (nSPS) is 22.4. The molecule has 0 unspecified atom stereocenters. The van der Waals surface area contributed by atoms with Crippen molar-refractivity contribution in [1.29, 1.82) is 0 Å². The zero-order chi connectivity index (χ0) is 15.7. The first-order valence-electron chi connectivity index (χ1n) is 7.78. The van der Waals surface area contributed by atoms with Crippen LogP contribution in [0.1, 0.15) is 36.4 Å². The highest BCUT2D eigenvalue weighted by Crippen LogP contribution is 2.44. The highest BCUT2D eigenvalue weighted by Gasteiger charge is 2.37. The maximum atomic E-state index is 13.0. The predicted molar refractivity (Wildman–Crippen MR) is 81.0 cm³/mol. The molecule has 0 radical (unpaired) electrons. The van der Waals surface area contributed by atoms with Gasteiger partial charge in [-0.15, -0.1) is 0 Å². The van der Waals surface area contributed by atoms with Crippen molar-refractivity contribution in [3.05, 3.63) is 34.3 Å². The zero-order valence-electron chi connectivity index (χ0n) is 12.3. The molecule has 2 fully saturated rings. The Labute approximate surface area is 133 Å². The summed E-state index contributed by atoms with van der Waals surface area (Å²) in [5.74, 6) is 0.416. The average molecular weight is 333 g/mol. The van der Waals surface area contributed by atoms with Gasteiger partial charge in [0.05, 0.1) is 5.56 Å². The Morgan fingerprint density at radius 3 is 2.41 bits per heavy atom. The number of alkyl halides is 3. The first-order chi connectivity index (χ1) is 10.5. The van der Waals surface area contributed by atoms with Gasteiger partial charge in [-0.3, -0.25) is 4.90 Å². The van der Waals surface area contributed by atoms with Crippen LogP contribution in [-0.4, -0.2) is 31.1 Å². The smallest absolute Gasteiger partial charge is 0.314 e. The Balaban J connectivity index is 1.95. The summed E-state index contributed by atoms with van der Waals surface area (Å²) in [5, 5.41) is 3.74. The zero-order valence-corrected chi connectivity index (χ0v) is 13.1. The lowest BCUT2D eigenvalue weighted by Gasteiger charge is -2.43. The molecule has 1 aromatic rings. The van der Waals surface area contributed by atoms with Crippen LogP contribution in [-0.2, 0) is 6.18 Å². The molecule has 1 saturated carbocycles. The van der Waals surface area contributed by atoms with E-state index in [0.717, 1.165) is 51.5 Å². The van der Waals surface area contributed by atoms with Crippen LogP contribution < -0.4 is 5.32 Å². The number of hydrogen-bond acceptors (Lipinski definition) is 2. The molecule has 0 amide bonds. The van der Waals surface area contributed by atoms with Crippen molar-refractivity contribution in [2.75, 3.05) is 26.2 Å². The topological polar surface area (TPSA) is 15.3 Å². The summed E-state index contributed by atoms with van der Waals surface area (Å²) in [6, 6.07) is 3.73. The number of nitrogens with one attached hydrogen (secondary N) is 1. The molecule has 22 heavy (non-hydrogen) atoms. The van der Waals surface area contributed by atoms with E-state index >= 15 is 0 Å². The molecule has 0 aromatic heterocycles. The van der Waals surface area contributed by atoms with Crippen molar-refractivity contribution in [3.63, 3.8) is 0 Å². The first kappa shape index (κ1) is 16.1. The van der Waals surface area contributed by atoms with Gasteiger partial charge in [0.2, 0.25) is 0 Å². The van der Waals surface area contributed by atoms with Crippen LogP contribution in [0.15, 0.2) is 18.2 Å². The first-order valence-corrected chi connectivity index (χ1v) is 8.16. The molecule has 1 heterocycles. The maximum Gasteiger partial charge on any atom is 0.416 e. The lowest BCUT2D eigenvalue weighted by Crippen LogP contribution is -2.48. The van der Waals surface area contributed by atoms with Crippen LogP contribution in [0.3, 0.4) is 0 Å². The summed E-state index contributed by atoms with van der Waals surface area (Å²) in [6.07, 6.45) is -1.03. The number of halogens is 4. The molecule has 1 N–H and O–H groups in total. The standard InChI is InChI=1S/C16H20ClF3N2/c17-14-5-4-12(16(18,19)20)10-13(14)15(11-2-1-3-11)22-8-6-21-7-9-22/h4-5,10-11,15,21H,1-3,6-9H2/t15-/m0/s1. The SMILES string of the molecule is FC(F)(F)c1ccc(Cl)c([C@H](C2CCC2)N2CCNCC2)c1. The molecule has 1 atom stereocenters. The third-order valence-electron chi connectivity index (χ3n) is 4.78. The molecular weight excluding hydrogens is 313 g/mol. The van der Waals surface area contributed by atoms with Crippen LogP contribution in [0.25, 0.3) is 0 Å². The highest BCUT2D eigenvalue weighted by atomic mass is 35.5. The van der Waals surface area contributed by atoms with Gasteiger partial charge >= 0.3 is 6.18 Å². The Hall–Kier alpha value is -0.780. The maximum absolute atomic E-state index is 13.0. The van der Waals surface area contributed by atoms with Gasteiger partial charge in [0, 0.05) is 37.2 Å². The second-order valence-electron chi connectivity index (χ2n) is 6.16. The molecule has 2 nitrogen and oxygen atoms in total. The molecule has 1 aromatic carbocycles. The van der Waals surface area contributed by atoms with Gasteiger partial charge in [-0.2, -0.15) is 13.2 Å². The molecule has 2 aliphatic rings. The van der Waals surface area contributed by atoms with Crippen molar-refractivity contribution in [1.82, 2.24) is 10.2 Å². The van der Waals surface area contributed by atoms with E-state index in [0.29, 0.717) is 16.5 Å². The number of piperazine rings is 1. The Morgan fingerprint density at radius 1 is 1.18 bits per heavy atom. The van der Waals surface area contributed by atoms with Gasteiger partial charge in [-0.25, -0.2) is 0 Å². The number of rotatable bonds is 3. The predicted octanol–water partition coefficient (Wildman–Crippen LogP) is 4.11. The van der Waals surface area contributed by atoms with Crippen molar-refractivity contribution in [2.45, 2.75) is 31.5 Å². The van der Waals surface area contributed by atoms with E-state index in [1.165, 1.54) is 12.1 Å². The molecule has 1 aliphatic heterocycles.